The van der Waals surface area contributed by atoms with E-state index in [1.165, 1.54) is 0 Å². The highest BCUT2D eigenvalue weighted by Crippen LogP contribution is 2.28. The highest BCUT2D eigenvalue weighted by molar-refractivity contribution is 5.85. The molecule has 4 aromatic heterocycles. The van der Waals surface area contributed by atoms with Gasteiger partial charge in [-0.1, -0.05) is 26.0 Å². The molecule has 0 saturated carbocycles. The molecule has 11 heteroatoms. The summed E-state index contributed by atoms with van der Waals surface area (Å²) in [7, 11) is 3.65. The fraction of sp³-hybridized carbons (Fsp3) is 0.467. The van der Waals surface area contributed by atoms with Gasteiger partial charge in [-0.3, -0.25) is 4.68 Å². The molecule has 0 radical (unpaired) electrons. The zero-order valence-corrected chi connectivity index (χ0v) is 15.3. The standard InChI is InChI=1S/C15H19N11/c1-15(2,3)14-17-11(9-6-7-16-24(9)4)12-13(18-14)26(22-20-12)8-10-19-21-23-25(10)5/h6-7H,8H2,1-5H3. The molecule has 4 aromatic rings. The summed E-state index contributed by atoms with van der Waals surface area (Å²) in [6, 6.07) is 1.90. The molecule has 0 spiro atoms. The van der Waals surface area contributed by atoms with E-state index in [-0.39, 0.29) is 5.41 Å². The Hall–Kier alpha value is -3.24. The van der Waals surface area contributed by atoms with Crippen molar-refractivity contribution < 1.29 is 0 Å². The monoisotopic (exact) mass is 353 g/mol. The van der Waals surface area contributed by atoms with E-state index in [0.29, 0.717) is 35.1 Å². The molecule has 0 aromatic carbocycles. The van der Waals surface area contributed by atoms with Crippen molar-refractivity contribution in [3.8, 4) is 11.4 Å². The van der Waals surface area contributed by atoms with Crippen LogP contribution in [-0.2, 0) is 26.1 Å². The number of hydrogen-bond acceptors (Lipinski definition) is 8. The number of tetrazole rings is 1. The van der Waals surface area contributed by atoms with Gasteiger partial charge < -0.3 is 0 Å². The normalized spacial score (nSPS) is 12.2. The summed E-state index contributed by atoms with van der Waals surface area (Å²) in [6.07, 6.45) is 1.73. The number of aromatic nitrogens is 11. The molecule has 11 nitrogen and oxygen atoms in total. The van der Waals surface area contributed by atoms with Gasteiger partial charge in [0.15, 0.2) is 17.0 Å². The predicted molar refractivity (Wildman–Crippen MR) is 91.9 cm³/mol. The quantitative estimate of drug-likeness (QED) is 0.522. The molecule has 4 heterocycles. The van der Waals surface area contributed by atoms with Gasteiger partial charge in [0.05, 0.1) is 5.69 Å². The van der Waals surface area contributed by atoms with E-state index in [1.54, 1.807) is 27.3 Å². The van der Waals surface area contributed by atoms with Crippen LogP contribution in [0.25, 0.3) is 22.6 Å². The molecule has 0 saturated heterocycles. The lowest BCUT2D eigenvalue weighted by molar-refractivity contribution is 0.544. The maximum absolute atomic E-state index is 4.77. The number of rotatable bonds is 3. The zero-order valence-electron chi connectivity index (χ0n) is 15.3. The van der Waals surface area contributed by atoms with Crippen molar-refractivity contribution in [2.75, 3.05) is 0 Å². The fourth-order valence-corrected chi connectivity index (χ4v) is 2.60. The van der Waals surface area contributed by atoms with Gasteiger partial charge in [-0.05, 0) is 16.5 Å². The SMILES string of the molecule is Cn1nccc1-c1nc(C(C)(C)C)nc2c1nnn2Cc1nnnn1C. The van der Waals surface area contributed by atoms with Crippen molar-refractivity contribution in [3.63, 3.8) is 0 Å². The van der Waals surface area contributed by atoms with Crippen LogP contribution in [0.15, 0.2) is 12.3 Å². The van der Waals surface area contributed by atoms with Gasteiger partial charge in [0, 0.05) is 25.7 Å². The van der Waals surface area contributed by atoms with E-state index in [9.17, 15) is 0 Å². The Morgan fingerprint density at radius 3 is 2.42 bits per heavy atom. The number of nitrogens with zero attached hydrogens (tertiary/aromatic N) is 11. The van der Waals surface area contributed by atoms with E-state index >= 15 is 0 Å². The first-order valence-corrected chi connectivity index (χ1v) is 8.16. The van der Waals surface area contributed by atoms with Crippen LogP contribution in [0.2, 0.25) is 0 Å². The zero-order chi connectivity index (χ0) is 18.5. The molecule has 4 rings (SSSR count). The van der Waals surface area contributed by atoms with Gasteiger partial charge in [0.1, 0.15) is 18.1 Å². The van der Waals surface area contributed by atoms with E-state index in [4.69, 9.17) is 9.97 Å². The maximum atomic E-state index is 4.77. The molecule has 0 unspecified atom stereocenters. The Bertz CT molecular complexity index is 1080. The highest BCUT2D eigenvalue weighted by atomic mass is 15.5. The van der Waals surface area contributed by atoms with Crippen LogP contribution in [0, 0.1) is 0 Å². The highest BCUT2D eigenvalue weighted by Gasteiger charge is 2.24. The molecule has 0 aliphatic carbocycles. The average Bonchev–Trinajstić information content (AvgIpc) is 3.28. The van der Waals surface area contributed by atoms with E-state index < -0.39 is 0 Å². The second-order valence-corrected chi connectivity index (χ2v) is 7.12. The molecular weight excluding hydrogens is 334 g/mol. The van der Waals surface area contributed by atoms with Crippen LogP contribution in [0.1, 0.15) is 32.4 Å². The molecule has 134 valence electrons. The molecule has 0 aliphatic rings. The smallest absolute Gasteiger partial charge is 0.183 e. The van der Waals surface area contributed by atoms with Gasteiger partial charge in [0.25, 0.3) is 0 Å². The number of hydrogen-bond donors (Lipinski definition) is 0. The van der Waals surface area contributed by atoms with Crippen molar-refractivity contribution in [3.05, 3.63) is 23.9 Å². The summed E-state index contributed by atoms with van der Waals surface area (Å²) in [6.45, 7) is 6.58. The minimum Gasteiger partial charge on any atom is -0.266 e. The lowest BCUT2D eigenvalue weighted by atomic mass is 9.95. The third kappa shape index (κ3) is 2.61. The summed E-state index contributed by atoms with van der Waals surface area (Å²) in [5, 5.41) is 24.4. The van der Waals surface area contributed by atoms with Gasteiger partial charge >= 0.3 is 0 Å². The van der Waals surface area contributed by atoms with Crippen LogP contribution < -0.4 is 0 Å². The second kappa shape index (κ2) is 5.64. The lowest BCUT2D eigenvalue weighted by Crippen LogP contribution is -2.18. The molecule has 0 N–H and O–H groups in total. The fourth-order valence-electron chi connectivity index (χ4n) is 2.60. The Morgan fingerprint density at radius 1 is 1.00 bits per heavy atom. The van der Waals surface area contributed by atoms with E-state index in [0.717, 1.165) is 5.69 Å². The first kappa shape index (κ1) is 16.2. The molecule has 0 aliphatic heterocycles. The molecule has 0 fully saturated rings. The summed E-state index contributed by atoms with van der Waals surface area (Å²) in [4.78, 5) is 9.51. The maximum Gasteiger partial charge on any atom is 0.183 e. The van der Waals surface area contributed by atoms with Crippen molar-refractivity contribution >= 4 is 11.2 Å². The third-order valence-corrected chi connectivity index (χ3v) is 4.10. The minimum absolute atomic E-state index is 0.233. The topological polar surface area (TPSA) is 118 Å². The Labute approximate surface area is 149 Å². The summed E-state index contributed by atoms with van der Waals surface area (Å²) >= 11 is 0. The lowest BCUT2D eigenvalue weighted by Gasteiger charge is -2.17. The predicted octanol–water partition coefficient (Wildman–Crippen LogP) is 0.491. The average molecular weight is 353 g/mol. The van der Waals surface area contributed by atoms with Crippen LogP contribution >= 0.6 is 0 Å². The first-order chi connectivity index (χ1) is 12.3. The van der Waals surface area contributed by atoms with E-state index in [1.807, 2.05) is 13.1 Å². The van der Waals surface area contributed by atoms with Gasteiger partial charge in [-0.15, -0.1) is 10.2 Å². The molecular formula is C15H19N11. The van der Waals surface area contributed by atoms with Crippen molar-refractivity contribution in [2.24, 2.45) is 14.1 Å². The van der Waals surface area contributed by atoms with Crippen molar-refractivity contribution in [2.45, 2.75) is 32.7 Å². The minimum atomic E-state index is -0.233. The molecule has 0 atom stereocenters. The van der Waals surface area contributed by atoms with Crippen LogP contribution in [0.5, 0.6) is 0 Å². The molecule has 26 heavy (non-hydrogen) atoms. The Morgan fingerprint density at radius 2 is 1.81 bits per heavy atom. The number of fused-ring (bicyclic) bond motifs is 1. The Kier molecular flexibility index (Phi) is 3.53. The largest absolute Gasteiger partial charge is 0.266 e. The first-order valence-electron chi connectivity index (χ1n) is 8.16. The summed E-state index contributed by atoms with van der Waals surface area (Å²) in [5.74, 6) is 1.37. The van der Waals surface area contributed by atoms with Crippen LogP contribution in [-0.4, -0.2) is 54.9 Å². The van der Waals surface area contributed by atoms with E-state index in [2.05, 4.69) is 51.7 Å². The summed E-state index contributed by atoms with van der Waals surface area (Å²) in [5.41, 5.74) is 2.60. The molecule has 0 amide bonds. The summed E-state index contributed by atoms with van der Waals surface area (Å²) < 4.78 is 5.05. The van der Waals surface area contributed by atoms with Crippen LogP contribution in [0.3, 0.4) is 0 Å². The number of aryl methyl sites for hydroxylation is 2. The van der Waals surface area contributed by atoms with Crippen molar-refractivity contribution in [1.29, 1.82) is 0 Å². The van der Waals surface area contributed by atoms with Crippen molar-refractivity contribution in [1.82, 2.24) is 54.9 Å². The Balaban J connectivity index is 1.94. The van der Waals surface area contributed by atoms with Crippen LogP contribution in [0.4, 0.5) is 0 Å². The molecule has 0 bridgehead atoms. The van der Waals surface area contributed by atoms with Gasteiger partial charge in [-0.2, -0.15) is 5.10 Å². The third-order valence-electron chi connectivity index (χ3n) is 4.10. The van der Waals surface area contributed by atoms with Gasteiger partial charge in [0.2, 0.25) is 0 Å². The second-order valence-electron chi connectivity index (χ2n) is 7.12. The van der Waals surface area contributed by atoms with Gasteiger partial charge in [-0.25, -0.2) is 19.3 Å².